The van der Waals surface area contributed by atoms with Gasteiger partial charge in [0.2, 0.25) is 0 Å². The number of ketones is 1. The van der Waals surface area contributed by atoms with Crippen LogP contribution < -0.4 is 0 Å². The molecule has 1 aliphatic heterocycles. The molecule has 1 saturated heterocycles. The Hall–Kier alpha value is -0.900. The number of aliphatic hydroxyl groups is 1. The summed E-state index contributed by atoms with van der Waals surface area (Å²) in [7, 11) is 0. The van der Waals surface area contributed by atoms with Gasteiger partial charge in [-0.3, -0.25) is 9.59 Å². The lowest BCUT2D eigenvalue weighted by Crippen LogP contribution is -2.81. The molecule has 0 aromatic rings. The monoisotopic (exact) mass is 470 g/mol. The maximum atomic E-state index is 13.7. The minimum Gasteiger partial charge on any atom is -0.459 e. The second-order valence-corrected chi connectivity index (χ2v) is 15.6. The predicted molar refractivity (Wildman–Crippen MR) is 131 cm³/mol. The molecule has 9 atom stereocenters. The summed E-state index contributed by atoms with van der Waals surface area (Å²) in [5, 5.41) is 13.0. The van der Waals surface area contributed by atoms with E-state index in [2.05, 4.69) is 48.5 Å². The molecule has 0 amide bonds. The number of hydrogen-bond donors (Lipinski definition) is 1. The average Bonchev–Trinajstić information content (AvgIpc) is 2.74. The van der Waals surface area contributed by atoms with Gasteiger partial charge in [0.15, 0.2) is 0 Å². The Bertz CT molecular complexity index is 967. The fourth-order valence-electron chi connectivity index (χ4n) is 11.5. The molecule has 0 unspecified atom stereocenters. The average molecular weight is 471 g/mol. The highest BCUT2D eigenvalue weighted by atomic mass is 16.6. The zero-order valence-electron chi connectivity index (χ0n) is 22.6. The summed E-state index contributed by atoms with van der Waals surface area (Å²) in [6.07, 6.45) is 8.55. The Kier molecular flexibility index (Phi) is 4.37. The van der Waals surface area contributed by atoms with Crippen molar-refractivity contribution >= 4 is 11.8 Å². The third kappa shape index (κ3) is 2.32. The van der Waals surface area contributed by atoms with E-state index in [0.717, 1.165) is 57.8 Å². The van der Waals surface area contributed by atoms with Crippen molar-refractivity contribution in [2.45, 2.75) is 124 Å². The Morgan fingerprint density at radius 2 is 1.50 bits per heavy atom. The van der Waals surface area contributed by atoms with Crippen molar-refractivity contribution in [3.63, 3.8) is 0 Å². The van der Waals surface area contributed by atoms with Gasteiger partial charge in [-0.25, -0.2) is 0 Å². The Morgan fingerprint density at radius 1 is 0.824 bits per heavy atom. The lowest BCUT2D eigenvalue weighted by molar-refractivity contribution is -0.361. The van der Waals surface area contributed by atoms with Crippen LogP contribution >= 0.6 is 0 Å². The SMILES string of the molecule is CC1(C)CC[C@]23CC[C@]4(C)[C@@](O)([C@@H]2C1)[C@@H](C[C@@H]1[C@@]2(C)CCC(=O)C(C)(C)[C@@H]2CC[C@]14C)OC3=O. The Labute approximate surface area is 206 Å². The van der Waals surface area contributed by atoms with Crippen molar-refractivity contribution in [2.24, 2.45) is 50.2 Å². The molecule has 4 heteroatoms. The van der Waals surface area contributed by atoms with Gasteiger partial charge < -0.3 is 9.84 Å². The van der Waals surface area contributed by atoms with E-state index in [1.54, 1.807) is 0 Å². The minimum atomic E-state index is -0.967. The van der Waals surface area contributed by atoms with Gasteiger partial charge in [0.1, 0.15) is 17.5 Å². The van der Waals surface area contributed by atoms with Gasteiger partial charge in [-0.2, -0.15) is 0 Å². The molecule has 6 rings (SSSR count). The van der Waals surface area contributed by atoms with Gasteiger partial charge in [-0.15, -0.1) is 0 Å². The van der Waals surface area contributed by atoms with Gasteiger partial charge in [0, 0.05) is 23.2 Å². The van der Waals surface area contributed by atoms with Gasteiger partial charge in [0.05, 0.1) is 5.41 Å². The molecule has 0 aromatic carbocycles. The summed E-state index contributed by atoms with van der Waals surface area (Å²) in [5.41, 5.74) is -1.93. The van der Waals surface area contributed by atoms with E-state index in [1.165, 1.54) is 0 Å². The van der Waals surface area contributed by atoms with Crippen LogP contribution in [0.1, 0.15) is 113 Å². The van der Waals surface area contributed by atoms with Crippen LogP contribution in [-0.4, -0.2) is 28.6 Å². The molecule has 1 N–H and O–H groups in total. The van der Waals surface area contributed by atoms with Gasteiger partial charge in [-0.05, 0) is 85.9 Å². The van der Waals surface area contributed by atoms with Crippen molar-refractivity contribution in [2.75, 3.05) is 0 Å². The highest BCUT2D eigenvalue weighted by Gasteiger charge is 2.81. The second kappa shape index (κ2) is 6.32. The third-order valence-electron chi connectivity index (χ3n) is 13.8. The lowest BCUT2D eigenvalue weighted by Gasteiger charge is -2.77. The minimum absolute atomic E-state index is 0.0126. The van der Waals surface area contributed by atoms with Crippen LogP contribution in [0.25, 0.3) is 0 Å². The van der Waals surface area contributed by atoms with Gasteiger partial charge in [0.25, 0.3) is 0 Å². The Morgan fingerprint density at radius 3 is 2.21 bits per heavy atom. The van der Waals surface area contributed by atoms with E-state index < -0.39 is 17.1 Å². The maximum absolute atomic E-state index is 13.7. The summed E-state index contributed by atoms with van der Waals surface area (Å²) < 4.78 is 6.36. The second-order valence-electron chi connectivity index (χ2n) is 15.6. The summed E-state index contributed by atoms with van der Waals surface area (Å²) in [4.78, 5) is 26.7. The summed E-state index contributed by atoms with van der Waals surface area (Å²) >= 11 is 0. The molecule has 0 spiro atoms. The molecule has 6 aliphatic rings. The third-order valence-corrected chi connectivity index (χ3v) is 13.8. The van der Waals surface area contributed by atoms with Crippen LogP contribution in [0.3, 0.4) is 0 Å². The summed E-state index contributed by atoms with van der Waals surface area (Å²) in [6, 6.07) is 0. The molecule has 4 nitrogen and oxygen atoms in total. The molecule has 1 heterocycles. The fraction of sp³-hybridized carbons (Fsp3) is 0.933. The molecule has 5 aliphatic carbocycles. The molecule has 2 bridgehead atoms. The lowest BCUT2D eigenvalue weighted by atomic mass is 9.29. The first-order valence-corrected chi connectivity index (χ1v) is 14.1. The molecule has 0 radical (unpaired) electrons. The zero-order chi connectivity index (χ0) is 24.7. The number of ether oxygens (including phenoxy) is 1. The Balaban J connectivity index is 1.50. The van der Waals surface area contributed by atoms with E-state index in [4.69, 9.17) is 4.74 Å². The standard InChI is InChI=1S/C30H46O4/c1-24(2)12-14-29-15-13-28(7)27(6)11-8-18-25(3,4)21(31)9-10-26(18,5)19(27)16-22(34-23(29)32)30(28,33)20(29)17-24/h18-20,22,33H,8-17H2,1-7H3/t18-,19+,20+,22+,26-,27+,28-,29-,30+/m0/s1. The first-order valence-electron chi connectivity index (χ1n) is 14.1. The number of hydrogen-bond acceptors (Lipinski definition) is 4. The first-order chi connectivity index (χ1) is 15.6. The van der Waals surface area contributed by atoms with Crippen molar-refractivity contribution < 1.29 is 19.4 Å². The molecular formula is C30H46O4. The highest BCUT2D eigenvalue weighted by Crippen LogP contribution is 2.79. The largest absolute Gasteiger partial charge is 0.459 e. The number of carbonyl (C=O) groups excluding carboxylic acids is 2. The fourth-order valence-corrected chi connectivity index (χ4v) is 11.5. The van der Waals surface area contributed by atoms with Gasteiger partial charge >= 0.3 is 5.97 Å². The number of carbonyl (C=O) groups is 2. The predicted octanol–water partition coefficient (Wildman–Crippen LogP) is 6.09. The number of rotatable bonds is 0. The van der Waals surface area contributed by atoms with E-state index in [0.29, 0.717) is 24.0 Å². The zero-order valence-corrected chi connectivity index (χ0v) is 22.6. The molecule has 34 heavy (non-hydrogen) atoms. The quantitative estimate of drug-likeness (QED) is 0.435. The van der Waals surface area contributed by atoms with Crippen LogP contribution in [-0.2, 0) is 14.3 Å². The first kappa shape index (κ1) is 23.5. The van der Waals surface area contributed by atoms with Crippen LogP contribution in [0.4, 0.5) is 0 Å². The number of Topliss-reactive ketones (excluding diaryl/α,β-unsaturated/α-hetero) is 1. The maximum Gasteiger partial charge on any atom is 0.312 e. The molecule has 5 saturated carbocycles. The van der Waals surface area contributed by atoms with Crippen LogP contribution in [0.15, 0.2) is 0 Å². The van der Waals surface area contributed by atoms with Gasteiger partial charge in [-0.1, -0.05) is 48.5 Å². The van der Waals surface area contributed by atoms with E-state index in [1.807, 2.05) is 0 Å². The van der Waals surface area contributed by atoms with E-state index in [-0.39, 0.29) is 39.0 Å². The normalized spacial score (nSPS) is 57.1. The van der Waals surface area contributed by atoms with E-state index >= 15 is 0 Å². The number of fused-ring (bicyclic) bond motifs is 4. The molecule has 190 valence electrons. The van der Waals surface area contributed by atoms with Crippen LogP contribution in [0.2, 0.25) is 0 Å². The molecular weight excluding hydrogens is 424 g/mol. The topological polar surface area (TPSA) is 63.6 Å². The van der Waals surface area contributed by atoms with E-state index in [9.17, 15) is 14.7 Å². The highest BCUT2D eigenvalue weighted by molar-refractivity contribution is 5.85. The van der Waals surface area contributed by atoms with Crippen LogP contribution in [0.5, 0.6) is 0 Å². The summed E-state index contributed by atoms with van der Waals surface area (Å²) in [5.74, 6) is 1.07. The molecule has 0 aromatic heterocycles. The number of esters is 1. The van der Waals surface area contributed by atoms with Crippen molar-refractivity contribution in [1.82, 2.24) is 0 Å². The van der Waals surface area contributed by atoms with Crippen LogP contribution in [0, 0.1) is 50.2 Å². The van der Waals surface area contributed by atoms with Crippen molar-refractivity contribution in [3.05, 3.63) is 0 Å². The van der Waals surface area contributed by atoms with Crippen molar-refractivity contribution in [1.29, 1.82) is 0 Å². The summed E-state index contributed by atoms with van der Waals surface area (Å²) in [6.45, 7) is 16.2. The molecule has 6 fully saturated rings. The smallest absolute Gasteiger partial charge is 0.312 e. The van der Waals surface area contributed by atoms with Crippen molar-refractivity contribution in [3.8, 4) is 0 Å².